The molecule has 3 atom stereocenters. The van der Waals surface area contributed by atoms with Gasteiger partial charge in [0, 0.05) is 6.04 Å². The Bertz CT molecular complexity index is 883. The first-order chi connectivity index (χ1) is 15.7. The van der Waals surface area contributed by atoms with Crippen molar-refractivity contribution in [3.05, 3.63) is 29.8 Å². The maximum Gasteiger partial charge on any atom is 0.255 e. The molecule has 180 valence electrons. The Balaban J connectivity index is 1.87. The van der Waals surface area contributed by atoms with E-state index in [0.717, 1.165) is 19.3 Å². The summed E-state index contributed by atoms with van der Waals surface area (Å²) in [5.41, 5.74) is 0.257. The van der Waals surface area contributed by atoms with Crippen LogP contribution < -0.4 is 26.0 Å². The fraction of sp³-hybridized carbons (Fsp3) is 0.583. The summed E-state index contributed by atoms with van der Waals surface area (Å²) in [6, 6.07) is 4.59. The smallest absolute Gasteiger partial charge is 0.255 e. The second-order valence-electron chi connectivity index (χ2n) is 9.33. The van der Waals surface area contributed by atoms with Gasteiger partial charge in [0.15, 0.2) is 0 Å². The Morgan fingerprint density at radius 2 is 1.85 bits per heavy atom. The molecule has 0 unspecified atom stereocenters. The minimum Gasteiger partial charge on any atom is -0.491 e. The Labute approximate surface area is 194 Å². The molecule has 4 N–H and O–H groups in total. The van der Waals surface area contributed by atoms with Crippen molar-refractivity contribution in [1.29, 1.82) is 0 Å². The van der Waals surface area contributed by atoms with Gasteiger partial charge in [0.2, 0.25) is 17.7 Å². The molecule has 1 heterocycles. The molecular weight excluding hydrogens is 424 g/mol. The molecule has 0 radical (unpaired) electrons. The molecule has 9 nitrogen and oxygen atoms in total. The third kappa shape index (κ3) is 6.94. The zero-order valence-corrected chi connectivity index (χ0v) is 19.5. The first-order valence-corrected chi connectivity index (χ1v) is 11.7. The monoisotopic (exact) mass is 458 g/mol. The topological polar surface area (TPSA) is 126 Å². The van der Waals surface area contributed by atoms with Crippen LogP contribution in [0.1, 0.15) is 63.2 Å². The van der Waals surface area contributed by atoms with Gasteiger partial charge in [0.05, 0.1) is 18.0 Å². The lowest BCUT2D eigenvalue weighted by Crippen LogP contribution is -2.55. The Morgan fingerprint density at radius 1 is 1.12 bits per heavy atom. The molecule has 1 fully saturated rings. The van der Waals surface area contributed by atoms with Crippen molar-refractivity contribution in [2.45, 2.75) is 77.0 Å². The molecule has 3 rings (SSSR count). The molecule has 33 heavy (non-hydrogen) atoms. The van der Waals surface area contributed by atoms with E-state index < -0.39 is 29.8 Å². The molecule has 9 heteroatoms. The standard InChI is InChI=1S/C24H34N4O5/c1-14(2)11-18-23(31)25-15(3)13-33-20-10-5-4-9-17(20)22(30)28-19(12-21(29)27-18)24(32)26-16-7-6-8-16/h4-5,9-10,14-16,18-19H,6-8,11-13H2,1-3H3,(H,25,31)(H,26,32)(H,27,29)(H,28,30)/t15-,18+,19-/m0/s1. The van der Waals surface area contributed by atoms with Crippen LogP contribution in [0.4, 0.5) is 0 Å². The predicted molar refractivity (Wildman–Crippen MR) is 123 cm³/mol. The highest BCUT2D eigenvalue weighted by Gasteiger charge is 2.31. The third-order valence-electron chi connectivity index (χ3n) is 5.83. The van der Waals surface area contributed by atoms with E-state index in [0.29, 0.717) is 12.2 Å². The van der Waals surface area contributed by atoms with Gasteiger partial charge in [-0.15, -0.1) is 0 Å². The van der Waals surface area contributed by atoms with E-state index >= 15 is 0 Å². The molecular formula is C24H34N4O5. The van der Waals surface area contributed by atoms with E-state index in [1.165, 1.54) is 0 Å². The third-order valence-corrected chi connectivity index (χ3v) is 5.83. The maximum absolute atomic E-state index is 13.0. The lowest BCUT2D eigenvalue weighted by molar-refractivity contribution is -0.132. The first kappa shape index (κ1) is 24.5. The molecule has 1 aromatic rings. The number of hydrogen-bond donors (Lipinski definition) is 4. The fourth-order valence-corrected chi connectivity index (χ4v) is 3.82. The van der Waals surface area contributed by atoms with Crippen molar-refractivity contribution in [3.63, 3.8) is 0 Å². The number of carbonyl (C=O) groups is 4. The molecule has 0 spiro atoms. The molecule has 0 saturated heterocycles. The van der Waals surface area contributed by atoms with Gasteiger partial charge in [-0.2, -0.15) is 0 Å². The predicted octanol–water partition coefficient (Wildman–Crippen LogP) is 1.27. The fourth-order valence-electron chi connectivity index (χ4n) is 3.82. The molecule has 1 aliphatic heterocycles. The Morgan fingerprint density at radius 3 is 2.52 bits per heavy atom. The number of benzene rings is 1. The lowest BCUT2D eigenvalue weighted by Gasteiger charge is -2.29. The van der Waals surface area contributed by atoms with Crippen LogP contribution in [0.5, 0.6) is 5.75 Å². The molecule has 1 aliphatic carbocycles. The van der Waals surface area contributed by atoms with E-state index in [1.807, 2.05) is 13.8 Å². The van der Waals surface area contributed by atoms with Crippen LogP contribution >= 0.6 is 0 Å². The summed E-state index contributed by atoms with van der Waals surface area (Å²) in [4.78, 5) is 51.6. The maximum atomic E-state index is 13.0. The zero-order chi connectivity index (χ0) is 24.0. The van der Waals surface area contributed by atoms with Crippen LogP contribution in [0.2, 0.25) is 0 Å². The van der Waals surface area contributed by atoms with E-state index in [9.17, 15) is 19.2 Å². The molecule has 2 aliphatic rings. The summed E-state index contributed by atoms with van der Waals surface area (Å²) < 4.78 is 5.82. The van der Waals surface area contributed by atoms with Crippen molar-refractivity contribution in [2.75, 3.05) is 6.61 Å². The van der Waals surface area contributed by atoms with Crippen LogP contribution in [0.15, 0.2) is 24.3 Å². The van der Waals surface area contributed by atoms with Gasteiger partial charge >= 0.3 is 0 Å². The summed E-state index contributed by atoms with van der Waals surface area (Å²) in [5.74, 6) is -1.19. The highest BCUT2D eigenvalue weighted by molar-refractivity contribution is 6.01. The van der Waals surface area contributed by atoms with Gasteiger partial charge in [-0.05, 0) is 50.7 Å². The summed E-state index contributed by atoms with van der Waals surface area (Å²) in [5, 5.41) is 11.2. The van der Waals surface area contributed by atoms with Crippen LogP contribution in [0, 0.1) is 5.92 Å². The van der Waals surface area contributed by atoms with Crippen molar-refractivity contribution in [1.82, 2.24) is 21.3 Å². The van der Waals surface area contributed by atoms with Crippen molar-refractivity contribution in [2.24, 2.45) is 5.92 Å². The van der Waals surface area contributed by atoms with Gasteiger partial charge in [0.1, 0.15) is 24.4 Å². The van der Waals surface area contributed by atoms with Gasteiger partial charge in [-0.25, -0.2) is 0 Å². The quantitative estimate of drug-likeness (QED) is 0.541. The summed E-state index contributed by atoms with van der Waals surface area (Å²) in [7, 11) is 0. The average Bonchev–Trinajstić information content (AvgIpc) is 2.72. The summed E-state index contributed by atoms with van der Waals surface area (Å²) >= 11 is 0. The normalized spacial score (nSPS) is 24.8. The molecule has 1 aromatic carbocycles. The first-order valence-electron chi connectivity index (χ1n) is 11.7. The summed E-state index contributed by atoms with van der Waals surface area (Å²) in [6.45, 7) is 5.86. The van der Waals surface area contributed by atoms with Gasteiger partial charge in [-0.3, -0.25) is 19.2 Å². The van der Waals surface area contributed by atoms with Gasteiger partial charge < -0.3 is 26.0 Å². The van der Waals surface area contributed by atoms with E-state index in [4.69, 9.17) is 4.74 Å². The van der Waals surface area contributed by atoms with Crippen molar-refractivity contribution < 1.29 is 23.9 Å². The number of fused-ring (bicyclic) bond motifs is 1. The Hall–Kier alpha value is -3.10. The largest absolute Gasteiger partial charge is 0.491 e. The second kappa shape index (κ2) is 11.2. The number of rotatable bonds is 4. The second-order valence-corrected chi connectivity index (χ2v) is 9.33. The van der Waals surface area contributed by atoms with E-state index in [-0.39, 0.29) is 42.5 Å². The van der Waals surface area contributed by atoms with Crippen molar-refractivity contribution >= 4 is 23.6 Å². The van der Waals surface area contributed by atoms with Crippen LogP contribution in [0.25, 0.3) is 0 Å². The number of para-hydroxylation sites is 1. The van der Waals surface area contributed by atoms with Crippen LogP contribution in [-0.4, -0.2) is 54.4 Å². The number of nitrogens with one attached hydrogen (secondary N) is 4. The Kier molecular flexibility index (Phi) is 8.30. The van der Waals surface area contributed by atoms with Gasteiger partial charge in [0.25, 0.3) is 5.91 Å². The number of amides is 4. The van der Waals surface area contributed by atoms with Crippen molar-refractivity contribution in [3.8, 4) is 5.75 Å². The van der Waals surface area contributed by atoms with Crippen LogP contribution in [-0.2, 0) is 14.4 Å². The average molecular weight is 459 g/mol. The summed E-state index contributed by atoms with van der Waals surface area (Å²) in [6.07, 6.45) is 2.97. The zero-order valence-electron chi connectivity index (χ0n) is 19.5. The lowest BCUT2D eigenvalue weighted by atomic mass is 9.92. The van der Waals surface area contributed by atoms with E-state index in [1.54, 1.807) is 31.2 Å². The number of hydrogen-bond acceptors (Lipinski definition) is 5. The molecule has 0 aromatic heterocycles. The SMILES string of the molecule is CC(C)C[C@H]1NC(=O)C[C@@H](C(=O)NC2CCC2)NC(=O)c2ccccc2OC[C@H](C)NC1=O. The van der Waals surface area contributed by atoms with Gasteiger partial charge in [-0.1, -0.05) is 26.0 Å². The minimum atomic E-state index is -1.07. The minimum absolute atomic E-state index is 0.0575. The van der Waals surface area contributed by atoms with E-state index in [2.05, 4.69) is 21.3 Å². The highest BCUT2D eigenvalue weighted by Crippen LogP contribution is 2.20. The molecule has 0 bridgehead atoms. The molecule has 4 amide bonds. The highest BCUT2D eigenvalue weighted by atomic mass is 16.5. The number of ether oxygens (including phenoxy) is 1. The number of carbonyl (C=O) groups excluding carboxylic acids is 4. The molecule has 1 saturated carbocycles. The van der Waals surface area contributed by atoms with Crippen LogP contribution in [0.3, 0.4) is 0 Å².